The summed E-state index contributed by atoms with van der Waals surface area (Å²) in [5.74, 6) is -8.42. The highest BCUT2D eigenvalue weighted by Gasteiger charge is 2.62. The molecule has 12 atom stereocenters. The molecule has 0 aromatic heterocycles. The number of methoxy groups -OCH3 is 3. The molecular weight excluding hydrogens is 837 g/mol. The van der Waals surface area contributed by atoms with Crippen molar-refractivity contribution in [3.8, 4) is 0 Å². The molecule has 0 radical (unpaired) electrons. The van der Waals surface area contributed by atoms with Gasteiger partial charge in [-0.05, 0) is 24.3 Å². The molecule has 18 nitrogen and oxygen atoms in total. The molecule has 2 aromatic rings. The number of fused-ring (bicyclic) bond motifs is 2. The van der Waals surface area contributed by atoms with Crippen LogP contribution >= 0.6 is 34.8 Å². The topological polar surface area (TPSA) is 212 Å². The number of benzene rings is 2. The molecule has 0 aliphatic carbocycles. The minimum absolute atomic E-state index is 0.0851. The Morgan fingerprint density at radius 1 is 0.655 bits per heavy atom. The van der Waals surface area contributed by atoms with Crippen LogP contribution in [0.5, 0.6) is 0 Å². The minimum atomic E-state index is -2.41. The molecule has 4 heterocycles. The maximum Gasteiger partial charge on any atom is 0.366 e. The lowest BCUT2D eigenvalue weighted by Gasteiger charge is -2.53. The van der Waals surface area contributed by atoms with Crippen molar-refractivity contribution in [1.29, 1.82) is 5.41 Å². The fourth-order valence-corrected chi connectivity index (χ4v) is 6.85. The summed E-state index contributed by atoms with van der Waals surface area (Å²) in [6.45, 7) is 1.99. The van der Waals surface area contributed by atoms with E-state index in [0.29, 0.717) is 0 Å². The summed E-state index contributed by atoms with van der Waals surface area (Å²) in [5, 5.41) is 8.37. The van der Waals surface area contributed by atoms with Gasteiger partial charge in [-0.15, -0.1) is 0 Å². The number of hydrogen-bond donors (Lipinski definition) is 1. The number of alkyl halides is 3. The van der Waals surface area contributed by atoms with Crippen LogP contribution < -0.4 is 0 Å². The molecule has 0 unspecified atom stereocenters. The predicted octanol–water partition coefficient (Wildman–Crippen LogP) is 3.26. The van der Waals surface area contributed by atoms with E-state index in [0.717, 1.165) is 14.2 Å². The Morgan fingerprint density at radius 2 is 1.09 bits per heavy atom. The van der Waals surface area contributed by atoms with Crippen LogP contribution in [0.2, 0.25) is 0 Å². The van der Waals surface area contributed by atoms with E-state index in [2.05, 4.69) is 0 Å². The second-order valence-corrected chi connectivity index (χ2v) is 15.7. The van der Waals surface area contributed by atoms with Crippen molar-refractivity contribution in [2.75, 3.05) is 34.5 Å². The van der Waals surface area contributed by atoms with Crippen molar-refractivity contribution >= 4 is 64.6 Å². The average molecular weight is 877 g/mol. The van der Waals surface area contributed by atoms with Gasteiger partial charge in [0.2, 0.25) is 12.2 Å². The fraction of sp³-hybridized carbons (Fsp3) is 0.541. The van der Waals surface area contributed by atoms with Gasteiger partial charge in [-0.25, -0.2) is 19.2 Å². The quantitative estimate of drug-likeness (QED) is 0.119. The van der Waals surface area contributed by atoms with Crippen LogP contribution in [0.3, 0.4) is 0 Å². The number of esters is 4. The highest BCUT2D eigenvalue weighted by atomic mass is 35.6. The van der Waals surface area contributed by atoms with E-state index in [1.807, 2.05) is 0 Å². The molecular formula is C37H40Cl3NO17. The third-order valence-corrected chi connectivity index (χ3v) is 10.1. The van der Waals surface area contributed by atoms with E-state index >= 15 is 0 Å². The first-order valence-electron chi connectivity index (χ1n) is 17.7. The lowest BCUT2D eigenvalue weighted by atomic mass is 9.94. The van der Waals surface area contributed by atoms with Crippen molar-refractivity contribution in [2.45, 2.75) is 90.6 Å². The number of ether oxygens (including phenoxy) is 13. The van der Waals surface area contributed by atoms with Gasteiger partial charge in [-0.1, -0.05) is 71.2 Å². The van der Waals surface area contributed by atoms with Crippen LogP contribution in [-0.4, -0.2) is 141 Å². The molecule has 58 heavy (non-hydrogen) atoms. The number of hydrogen-bond acceptors (Lipinski definition) is 18. The van der Waals surface area contributed by atoms with Gasteiger partial charge in [0, 0.05) is 21.0 Å². The van der Waals surface area contributed by atoms with E-state index in [4.69, 9.17) is 102 Å². The number of halogens is 3. The van der Waals surface area contributed by atoms with Gasteiger partial charge in [-0.3, -0.25) is 5.41 Å². The van der Waals surface area contributed by atoms with Gasteiger partial charge in [0.05, 0.1) is 38.6 Å². The molecule has 21 heteroatoms. The summed E-state index contributed by atoms with van der Waals surface area (Å²) in [6, 6.07) is 15.8. The molecule has 4 fully saturated rings. The lowest BCUT2D eigenvalue weighted by Crippen LogP contribution is -2.71. The summed E-state index contributed by atoms with van der Waals surface area (Å²) in [7, 11) is 3.59. The number of rotatable bonds is 10. The number of nitrogens with one attached hydrogen (secondary N) is 1. The summed E-state index contributed by atoms with van der Waals surface area (Å²) >= 11 is 18.0. The van der Waals surface area contributed by atoms with Gasteiger partial charge in [0.1, 0.15) is 36.6 Å². The van der Waals surface area contributed by atoms with E-state index in [1.165, 1.54) is 45.2 Å². The van der Waals surface area contributed by atoms with Crippen LogP contribution in [0.15, 0.2) is 60.7 Å². The molecule has 6 rings (SSSR count). The average Bonchev–Trinajstić information content (AvgIpc) is 3.21. The minimum Gasteiger partial charge on any atom is -0.465 e. The molecule has 0 bridgehead atoms. The van der Waals surface area contributed by atoms with Crippen LogP contribution in [0.25, 0.3) is 0 Å². The van der Waals surface area contributed by atoms with Crippen molar-refractivity contribution < 1.29 is 80.8 Å². The Hall–Kier alpha value is -3.66. The van der Waals surface area contributed by atoms with Gasteiger partial charge in [0.15, 0.2) is 18.5 Å². The van der Waals surface area contributed by atoms with Crippen LogP contribution in [0, 0.1) is 5.41 Å². The van der Waals surface area contributed by atoms with Gasteiger partial charge in [0.25, 0.3) is 15.4 Å². The lowest BCUT2D eigenvalue weighted by molar-refractivity contribution is -0.412. The maximum absolute atomic E-state index is 13.8. The van der Waals surface area contributed by atoms with Gasteiger partial charge >= 0.3 is 23.9 Å². The van der Waals surface area contributed by atoms with Crippen LogP contribution in [0.1, 0.15) is 34.6 Å². The zero-order valence-electron chi connectivity index (χ0n) is 31.5. The summed E-state index contributed by atoms with van der Waals surface area (Å²) in [4.78, 5) is 53.2. The highest BCUT2D eigenvalue weighted by Crippen LogP contribution is 2.42. The summed E-state index contributed by atoms with van der Waals surface area (Å²) in [6.07, 6.45) is -14.3. The summed E-state index contributed by atoms with van der Waals surface area (Å²) < 4.78 is 74.1. The van der Waals surface area contributed by atoms with Crippen LogP contribution in [0.4, 0.5) is 0 Å². The van der Waals surface area contributed by atoms with E-state index in [-0.39, 0.29) is 24.3 Å². The number of carbonyl (C=O) groups excluding carboxylic acids is 4. The zero-order chi connectivity index (χ0) is 42.0. The molecule has 0 spiro atoms. The fourth-order valence-electron chi connectivity index (χ4n) is 6.71. The van der Waals surface area contributed by atoms with E-state index in [9.17, 15) is 19.2 Å². The van der Waals surface area contributed by atoms with E-state index < -0.39 is 107 Å². The Labute approximate surface area is 346 Å². The maximum atomic E-state index is 13.8. The monoisotopic (exact) mass is 875 g/mol. The predicted molar refractivity (Wildman–Crippen MR) is 196 cm³/mol. The molecule has 316 valence electrons. The largest absolute Gasteiger partial charge is 0.465 e. The van der Waals surface area contributed by atoms with Gasteiger partial charge < -0.3 is 61.6 Å². The standard InChI is InChI=1S/C37H40Cl3NO17/c1-35(33(44)47-4)49-16-20-22(57-35)24(46-3)26(53-28(42)18-12-8-6-9-13-18)30(51-20)55-25-23-21(17-50-36(2,58-23)34(45)48-5)52-31(56-32(41)37(38,39)40)27(25)54-29(43)19-14-10-7-11-15-19/h6-15,20-27,30-31,41H,16-17H2,1-5H3/t20-,21-,22-,23-,24+,25+,26-,27-,30+,31+,35+,36+/m1/s1. The molecule has 0 amide bonds. The zero-order valence-corrected chi connectivity index (χ0v) is 33.8. The Bertz CT molecular complexity index is 1820. The third-order valence-electron chi connectivity index (χ3n) is 9.62. The molecule has 4 aliphatic rings. The first-order chi connectivity index (χ1) is 27.5. The smallest absolute Gasteiger partial charge is 0.366 e. The van der Waals surface area contributed by atoms with Crippen molar-refractivity contribution in [3.05, 3.63) is 71.8 Å². The third kappa shape index (κ3) is 9.22. The molecule has 1 N–H and O–H groups in total. The Kier molecular flexibility index (Phi) is 13.6. The highest BCUT2D eigenvalue weighted by molar-refractivity contribution is 6.76. The first-order valence-corrected chi connectivity index (χ1v) is 18.8. The second-order valence-electron chi connectivity index (χ2n) is 13.5. The van der Waals surface area contributed by atoms with Gasteiger partial charge in [-0.2, -0.15) is 0 Å². The first kappa shape index (κ1) is 43.9. The molecule has 0 saturated carbocycles. The van der Waals surface area contributed by atoms with Crippen LogP contribution in [-0.2, 0) is 71.2 Å². The van der Waals surface area contributed by atoms with E-state index in [1.54, 1.807) is 36.4 Å². The summed E-state index contributed by atoms with van der Waals surface area (Å²) in [5.41, 5.74) is 0.230. The van der Waals surface area contributed by atoms with Crippen molar-refractivity contribution in [2.24, 2.45) is 0 Å². The molecule has 4 aliphatic heterocycles. The second kappa shape index (κ2) is 17.9. The SMILES string of the molecule is COC(=O)[C@@]1(C)OC[C@H]2O[C@@H](O[C@@H]3[C@@H](OC(=O)c4ccccc4)[C@H](OC(=N)C(Cl)(Cl)Cl)O[C@@H]4CO[C@](C)(C(=O)OC)O[C@@H]34)[C@H](OC(=O)c3ccccc3)[C@@H](OC)[C@@H]2O1. The van der Waals surface area contributed by atoms with Crippen molar-refractivity contribution in [3.63, 3.8) is 0 Å². The molecule has 2 aromatic carbocycles. The Balaban J connectivity index is 1.44. The number of carbonyl (C=O) groups is 4. The van der Waals surface area contributed by atoms with Crippen molar-refractivity contribution in [1.82, 2.24) is 0 Å². The Morgan fingerprint density at radius 3 is 1.52 bits per heavy atom. The normalized spacial score (nSPS) is 34.6. The molecule has 4 saturated heterocycles.